The minimum Gasteiger partial charge on any atom is -0.464 e. The third-order valence-electron chi connectivity index (χ3n) is 4.37. The molecular formula is C24H25O3P. The van der Waals surface area contributed by atoms with Gasteiger partial charge >= 0.3 is 5.97 Å². The zero-order valence-electron chi connectivity index (χ0n) is 16.2. The third-order valence-corrected chi connectivity index (χ3v) is 6.49. The van der Waals surface area contributed by atoms with Gasteiger partial charge in [0.1, 0.15) is 0 Å². The Bertz CT molecular complexity index is 829. The van der Waals surface area contributed by atoms with Gasteiger partial charge in [0.15, 0.2) is 5.60 Å². The fourth-order valence-corrected chi connectivity index (χ4v) is 4.93. The smallest absolute Gasteiger partial charge is 0.338 e. The third kappa shape index (κ3) is 5.07. The highest BCUT2D eigenvalue weighted by atomic mass is 31.1. The van der Waals surface area contributed by atoms with Crippen LogP contribution in [0, 0.1) is 0 Å². The van der Waals surface area contributed by atoms with Crippen molar-refractivity contribution in [2.75, 3.05) is 6.61 Å². The average molecular weight is 392 g/mol. The first kappa shape index (κ1) is 20.3. The fraction of sp³-hybridized carbons (Fsp3) is 0.208. The normalized spacial score (nSPS) is 13.1. The highest BCUT2D eigenvalue weighted by molar-refractivity contribution is 7.68. The van der Waals surface area contributed by atoms with Crippen molar-refractivity contribution in [3.63, 3.8) is 0 Å². The van der Waals surface area contributed by atoms with E-state index in [4.69, 9.17) is 9.26 Å². The predicted octanol–water partition coefficient (Wildman–Crippen LogP) is 4.62. The predicted molar refractivity (Wildman–Crippen MR) is 115 cm³/mol. The van der Waals surface area contributed by atoms with E-state index in [1.54, 1.807) is 0 Å². The summed E-state index contributed by atoms with van der Waals surface area (Å²) in [5.41, 5.74) is -0.0523. The van der Waals surface area contributed by atoms with Crippen molar-refractivity contribution in [2.45, 2.75) is 25.9 Å². The molecule has 3 aromatic carbocycles. The molecule has 0 bridgehead atoms. The molecule has 0 saturated heterocycles. The summed E-state index contributed by atoms with van der Waals surface area (Å²) in [6.45, 7) is 3.97. The van der Waals surface area contributed by atoms with Gasteiger partial charge < -0.3 is 9.26 Å². The van der Waals surface area contributed by atoms with E-state index in [2.05, 4.69) is 0 Å². The molecule has 0 aliphatic heterocycles. The molecule has 1 atom stereocenters. The van der Waals surface area contributed by atoms with Gasteiger partial charge in [0.2, 0.25) is 0 Å². The summed E-state index contributed by atoms with van der Waals surface area (Å²) in [5, 5.41) is 2.12. The van der Waals surface area contributed by atoms with E-state index in [-0.39, 0.29) is 5.97 Å². The van der Waals surface area contributed by atoms with Crippen LogP contribution in [0.2, 0.25) is 0 Å². The number of carbonyl (C=O) groups excluding carboxylic acids is 1. The van der Waals surface area contributed by atoms with E-state index in [1.807, 2.05) is 105 Å². The van der Waals surface area contributed by atoms with Crippen LogP contribution in [0.5, 0.6) is 0 Å². The first-order chi connectivity index (χ1) is 13.6. The lowest BCUT2D eigenvalue weighted by molar-refractivity contribution is -0.159. The molecule has 0 radical (unpaired) electrons. The maximum Gasteiger partial charge on any atom is 0.338 e. The van der Waals surface area contributed by atoms with Gasteiger partial charge in [-0.1, -0.05) is 91.0 Å². The molecule has 0 saturated carbocycles. The maximum absolute atomic E-state index is 12.9. The number of ether oxygens (including phenoxy) is 1. The number of rotatable bonds is 8. The Hall–Kier alpha value is -2.48. The molecule has 0 unspecified atom stereocenters. The Morgan fingerprint density at radius 2 is 1.29 bits per heavy atom. The van der Waals surface area contributed by atoms with Crippen molar-refractivity contribution < 1.29 is 14.1 Å². The Kier molecular flexibility index (Phi) is 6.97. The molecule has 28 heavy (non-hydrogen) atoms. The van der Waals surface area contributed by atoms with Gasteiger partial charge in [-0.2, -0.15) is 0 Å². The van der Waals surface area contributed by atoms with Crippen LogP contribution in [-0.4, -0.2) is 18.2 Å². The standard InChI is InChI=1S/C24H25O3P/c1-3-26-23(25)24(2,19-20-13-7-4-8-14-20)27-28(21-15-9-5-10-16-21)22-17-11-6-12-18-22/h4-18H,3,19H2,1-2H3/t24-/m0/s1. The van der Waals surface area contributed by atoms with Gasteiger partial charge in [-0.3, -0.25) is 0 Å². The maximum atomic E-state index is 12.9. The number of hydrogen-bond donors (Lipinski definition) is 0. The summed E-state index contributed by atoms with van der Waals surface area (Å²) in [7, 11) is -1.18. The summed E-state index contributed by atoms with van der Waals surface area (Å²) in [6, 6.07) is 30.1. The Labute approximate surface area is 168 Å². The van der Waals surface area contributed by atoms with Crippen LogP contribution < -0.4 is 10.6 Å². The topological polar surface area (TPSA) is 35.5 Å². The monoisotopic (exact) mass is 392 g/mol. The second kappa shape index (κ2) is 9.64. The highest BCUT2D eigenvalue weighted by Crippen LogP contribution is 2.41. The van der Waals surface area contributed by atoms with Crippen LogP contribution in [0.15, 0.2) is 91.0 Å². The molecule has 144 valence electrons. The number of benzene rings is 3. The zero-order valence-corrected chi connectivity index (χ0v) is 17.1. The summed E-state index contributed by atoms with van der Waals surface area (Å²) in [6.07, 6.45) is 0.450. The van der Waals surface area contributed by atoms with E-state index in [1.165, 1.54) is 0 Å². The molecule has 0 spiro atoms. The quantitative estimate of drug-likeness (QED) is 0.415. The van der Waals surface area contributed by atoms with E-state index in [0.29, 0.717) is 13.0 Å². The van der Waals surface area contributed by atoms with Crippen molar-refractivity contribution in [1.82, 2.24) is 0 Å². The minimum absolute atomic E-state index is 0.321. The molecule has 0 aliphatic carbocycles. The first-order valence-corrected chi connectivity index (χ1v) is 10.7. The second-order valence-corrected chi connectivity index (χ2v) is 8.47. The molecule has 0 aromatic heterocycles. The van der Waals surface area contributed by atoms with Crippen LogP contribution in [0.1, 0.15) is 19.4 Å². The molecule has 3 nitrogen and oxygen atoms in total. The van der Waals surface area contributed by atoms with E-state index >= 15 is 0 Å². The van der Waals surface area contributed by atoms with Gasteiger partial charge in [-0.15, -0.1) is 0 Å². The molecular weight excluding hydrogens is 367 g/mol. The average Bonchev–Trinajstić information content (AvgIpc) is 2.74. The van der Waals surface area contributed by atoms with Gasteiger partial charge in [0.05, 0.1) is 14.8 Å². The minimum atomic E-state index is -1.18. The molecule has 0 heterocycles. The first-order valence-electron chi connectivity index (χ1n) is 9.43. The van der Waals surface area contributed by atoms with Gasteiger partial charge in [0.25, 0.3) is 0 Å². The van der Waals surface area contributed by atoms with Crippen molar-refractivity contribution in [3.8, 4) is 0 Å². The van der Waals surface area contributed by atoms with Gasteiger partial charge in [-0.05, 0) is 19.4 Å². The van der Waals surface area contributed by atoms with Gasteiger partial charge in [-0.25, -0.2) is 4.79 Å². The molecule has 3 aromatic rings. The summed E-state index contributed by atoms with van der Waals surface area (Å²) >= 11 is 0. The molecule has 0 aliphatic rings. The molecule has 0 amide bonds. The Morgan fingerprint density at radius 3 is 1.75 bits per heavy atom. The van der Waals surface area contributed by atoms with Crippen LogP contribution >= 0.6 is 8.15 Å². The largest absolute Gasteiger partial charge is 0.464 e. The second-order valence-electron chi connectivity index (χ2n) is 6.67. The summed E-state index contributed by atoms with van der Waals surface area (Å²) < 4.78 is 12.0. The summed E-state index contributed by atoms with van der Waals surface area (Å²) in [4.78, 5) is 12.9. The van der Waals surface area contributed by atoms with Crippen LogP contribution in [0.4, 0.5) is 0 Å². The van der Waals surface area contributed by atoms with Crippen LogP contribution in [0.3, 0.4) is 0 Å². The van der Waals surface area contributed by atoms with Crippen molar-refractivity contribution >= 4 is 24.7 Å². The summed E-state index contributed by atoms with van der Waals surface area (Å²) in [5.74, 6) is -0.335. The molecule has 4 heteroatoms. The molecule has 0 N–H and O–H groups in total. The fourth-order valence-electron chi connectivity index (χ4n) is 2.99. The Morgan fingerprint density at radius 1 is 0.821 bits per heavy atom. The van der Waals surface area contributed by atoms with E-state index in [9.17, 15) is 4.79 Å². The molecule has 3 rings (SSSR count). The lowest BCUT2D eigenvalue weighted by Gasteiger charge is -2.32. The van der Waals surface area contributed by atoms with Crippen molar-refractivity contribution in [2.24, 2.45) is 0 Å². The van der Waals surface area contributed by atoms with Crippen LogP contribution in [0.25, 0.3) is 0 Å². The Balaban J connectivity index is 1.98. The van der Waals surface area contributed by atoms with Crippen molar-refractivity contribution in [1.29, 1.82) is 0 Å². The van der Waals surface area contributed by atoms with E-state index in [0.717, 1.165) is 16.2 Å². The van der Waals surface area contributed by atoms with E-state index < -0.39 is 13.7 Å². The number of esters is 1. The number of carbonyl (C=O) groups is 1. The van der Waals surface area contributed by atoms with Crippen LogP contribution in [-0.2, 0) is 20.5 Å². The zero-order chi connectivity index (χ0) is 19.8. The SMILES string of the molecule is CCOC(=O)[C@](C)(Cc1ccccc1)OP(c1ccccc1)c1ccccc1. The lowest BCUT2D eigenvalue weighted by Crippen LogP contribution is -2.42. The van der Waals surface area contributed by atoms with Gasteiger partial charge in [0, 0.05) is 17.0 Å². The lowest BCUT2D eigenvalue weighted by atomic mass is 9.97. The highest BCUT2D eigenvalue weighted by Gasteiger charge is 2.39. The number of hydrogen-bond acceptors (Lipinski definition) is 3. The van der Waals surface area contributed by atoms with Crippen molar-refractivity contribution in [3.05, 3.63) is 96.6 Å². The molecule has 0 fully saturated rings.